The lowest BCUT2D eigenvalue weighted by molar-refractivity contribution is 0.145. The van der Waals surface area contributed by atoms with Crippen LogP contribution >= 0.6 is 7.82 Å². The molecule has 0 fully saturated rings. The molecule has 1 unspecified atom stereocenters. The number of hydrogen-bond acceptors (Lipinski definition) is 8. The normalized spacial score (nSPS) is 14.6. The molecule has 0 spiro atoms. The van der Waals surface area contributed by atoms with Crippen LogP contribution in [0.1, 0.15) is 63.4 Å². The van der Waals surface area contributed by atoms with Crippen LogP contribution in [0.5, 0.6) is 0 Å². The zero-order valence-corrected chi connectivity index (χ0v) is 25.9. The number of rotatable bonds is 9. The first-order valence-electron chi connectivity index (χ1n) is 12.9. The second-order valence-corrected chi connectivity index (χ2v) is 10.9. The molecule has 3 rings (SSSR count). The number of hydrogen-bond donors (Lipinski definition) is 3. The van der Waals surface area contributed by atoms with Gasteiger partial charge in [-0.05, 0) is 59.8 Å². The minimum absolute atomic E-state index is 0.204. The van der Waals surface area contributed by atoms with E-state index in [1.165, 1.54) is 17.3 Å². The van der Waals surface area contributed by atoms with Gasteiger partial charge in [-0.15, -0.1) is 0 Å². The predicted octanol–water partition coefficient (Wildman–Crippen LogP) is 5.29. The van der Waals surface area contributed by atoms with Crippen LogP contribution in [0.15, 0.2) is 72.2 Å². The van der Waals surface area contributed by atoms with E-state index in [4.69, 9.17) is 9.51 Å². The van der Waals surface area contributed by atoms with Crippen molar-refractivity contribution in [3.8, 4) is 11.9 Å². The highest BCUT2D eigenvalue weighted by Gasteiger charge is 2.26. The van der Waals surface area contributed by atoms with Crippen molar-refractivity contribution < 1.29 is 18.9 Å². The van der Waals surface area contributed by atoms with E-state index in [0.29, 0.717) is 29.3 Å². The summed E-state index contributed by atoms with van der Waals surface area (Å²) in [6.45, 7) is 19.5. The van der Waals surface area contributed by atoms with Gasteiger partial charge in [0.15, 0.2) is 11.5 Å². The molecular formula is C29H40N7O4P. The lowest BCUT2D eigenvalue weighted by Gasteiger charge is -2.19. The minimum Gasteiger partial charge on any atom is -0.353 e. The molecule has 0 saturated heterocycles. The Morgan fingerprint density at radius 3 is 2.46 bits per heavy atom. The van der Waals surface area contributed by atoms with Gasteiger partial charge in [0.1, 0.15) is 6.07 Å². The van der Waals surface area contributed by atoms with E-state index in [1.54, 1.807) is 25.1 Å². The Balaban J connectivity index is 0.000000564. The number of nitrogens with one attached hydrogen (secondary N) is 1. The summed E-state index contributed by atoms with van der Waals surface area (Å²) in [7, 11) is -0.826. The molecule has 220 valence electrons. The van der Waals surface area contributed by atoms with Crippen molar-refractivity contribution in [3.63, 3.8) is 0 Å². The molecule has 1 aliphatic rings. The summed E-state index contributed by atoms with van der Waals surface area (Å²) in [6, 6.07) is 7.08. The van der Waals surface area contributed by atoms with Crippen molar-refractivity contribution in [2.24, 2.45) is 0 Å². The monoisotopic (exact) mass is 581 g/mol. The molecule has 2 aromatic rings. The molecule has 2 aromatic heterocycles. The van der Waals surface area contributed by atoms with Gasteiger partial charge in [0.2, 0.25) is 0 Å². The number of hydrazine groups is 1. The van der Waals surface area contributed by atoms with Crippen LogP contribution in [0, 0.1) is 18.3 Å². The first-order chi connectivity index (χ1) is 19.1. The van der Waals surface area contributed by atoms with Crippen LogP contribution in [0.4, 0.5) is 0 Å². The minimum atomic E-state index is -4.73. The van der Waals surface area contributed by atoms with Crippen molar-refractivity contribution >= 4 is 13.4 Å². The largest absolute Gasteiger partial charge is 0.470 e. The Morgan fingerprint density at radius 1 is 1.32 bits per heavy atom. The lowest BCUT2D eigenvalue weighted by atomic mass is 10.1. The van der Waals surface area contributed by atoms with E-state index >= 15 is 0 Å². The molecule has 41 heavy (non-hydrogen) atoms. The van der Waals surface area contributed by atoms with Gasteiger partial charge in [-0.3, -0.25) is 4.52 Å². The number of aryl methyl sites for hydroxylation is 1. The van der Waals surface area contributed by atoms with Crippen LogP contribution in [0.2, 0.25) is 0 Å². The summed E-state index contributed by atoms with van der Waals surface area (Å²) in [5.74, 6) is 0.327. The Labute approximate surface area is 242 Å². The summed E-state index contributed by atoms with van der Waals surface area (Å²) in [5.41, 5.74) is 10.2. The summed E-state index contributed by atoms with van der Waals surface area (Å²) in [6.07, 6.45) is 4.94. The van der Waals surface area contributed by atoms with E-state index in [0.717, 1.165) is 22.5 Å². The number of aromatic nitrogens is 3. The van der Waals surface area contributed by atoms with Gasteiger partial charge in [0, 0.05) is 48.9 Å². The third kappa shape index (κ3) is 9.11. The van der Waals surface area contributed by atoms with Gasteiger partial charge in [-0.1, -0.05) is 36.9 Å². The van der Waals surface area contributed by atoms with Crippen molar-refractivity contribution in [2.75, 3.05) is 20.6 Å². The molecule has 0 bridgehead atoms. The van der Waals surface area contributed by atoms with E-state index in [2.05, 4.69) is 41.6 Å². The molecule has 11 nitrogen and oxygen atoms in total. The Hall–Kier alpha value is -3.78. The fourth-order valence-electron chi connectivity index (χ4n) is 3.85. The Morgan fingerprint density at radius 2 is 1.98 bits per heavy atom. The van der Waals surface area contributed by atoms with E-state index < -0.39 is 13.9 Å². The second-order valence-electron chi connectivity index (χ2n) is 9.70. The van der Waals surface area contributed by atoms with Crippen LogP contribution < -0.4 is 5.43 Å². The summed E-state index contributed by atoms with van der Waals surface area (Å²) in [5, 5.41) is 15.4. The number of phosphoric acid groups is 1. The maximum atomic E-state index is 11.4. The van der Waals surface area contributed by atoms with Crippen LogP contribution in [-0.2, 0) is 9.09 Å². The average Bonchev–Trinajstić information content (AvgIpc) is 3.46. The maximum Gasteiger partial charge on any atom is 0.470 e. The number of phosphoric ester groups is 1. The predicted molar refractivity (Wildman–Crippen MR) is 161 cm³/mol. The van der Waals surface area contributed by atoms with Gasteiger partial charge in [0.05, 0.1) is 17.5 Å². The molecule has 1 atom stereocenters. The summed E-state index contributed by atoms with van der Waals surface area (Å²) in [4.78, 5) is 25.4. The number of likely N-dealkylation sites (N-methyl/N-ethyl adjacent to an activating group) is 1. The molecule has 3 N–H and O–H groups in total. The second kappa shape index (κ2) is 14.2. The van der Waals surface area contributed by atoms with Gasteiger partial charge in [0.25, 0.3) is 0 Å². The highest BCUT2D eigenvalue weighted by molar-refractivity contribution is 7.46. The van der Waals surface area contributed by atoms with E-state index in [1.807, 2.05) is 58.1 Å². The van der Waals surface area contributed by atoms with Gasteiger partial charge < -0.3 is 19.7 Å². The standard InChI is InChI=1S/C21H25N6O4P.C8H15N/c1-13(2)6-9-20-18(12-23-26(20)5)19-8-7-17(15(4)31-32(28,29)30)21(24-19)27-14(3)10-16(11-22)25-27;1-6-8(4)9(5)7(2)3/h6-10,15,23H,1,12H2,2-5H3,(H2,28,29,30);6H,2H2,1,3-5H3/b9-6-;8-6-. The third-order valence-electron chi connectivity index (χ3n) is 6.36. The molecule has 12 heteroatoms. The zero-order valence-electron chi connectivity index (χ0n) is 25.0. The third-order valence-corrected chi connectivity index (χ3v) is 6.95. The Bertz CT molecular complexity index is 1480. The van der Waals surface area contributed by atoms with E-state index in [9.17, 15) is 19.6 Å². The first-order valence-corrected chi connectivity index (χ1v) is 14.4. The Kier molecular flexibility index (Phi) is 11.6. The summed E-state index contributed by atoms with van der Waals surface area (Å²) >= 11 is 0. The first kappa shape index (κ1) is 33.4. The molecule has 0 aromatic carbocycles. The quantitative estimate of drug-likeness (QED) is 0.264. The number of nitrogens with zero attached hydrogens (tertiary/aromatic N) is 6. The molecule has 0 aliphatic carbocycles. The number of allylic oxidation sites excluding steroid dienone is 6. The molecule has 1 aliphatic heterocycles. The molecule has 3 heterocycles. The molecule has 0 saturated carbocycles. The van der Waals surface area contributed by atoms with Crippen molar-refractivity contribution in [1.29, 1.82) is 5.26 Å². The van der Waals surface area contributed by atoms with Crippen molar-refractivity contribution in [2.45, 2.75) is 47.6 Å². The SMILES string of the molecule is C=C(C)/C=C\C1=C(c2ccc(C(C)OP(=O)(O)O)c(-n3nc(C#N)cc3C)n2)CNN1C.C=C(C)N(C)/C(C)=C\C. The topological polar surface area (TPSA) is 140 Å². The van der Waals surface area contributed by atoms with E-state index in [-0.39, 0.29) is 5.69 Å². The van der Waals surface area contributed by atoms with Crippen molar-refractivity contribution in [3.05, 3.63) is 94.9 Å². The van der Waals surface area contributed by atoms with Crippen LogP contribution in [-0.4, -0.2) is 55.1 Å². The maximum absolute atomic E-state index is 11.4. The zero-order chi connectivity index (χ0) is 31.1. The fraction of sp³-hybridized carbons (Fsp3) is 0.345. The van der Waals surface area contributed by atoms with Crippen molar-refractivity contribution in [1.82, 2.24) is 30.1 Å². The smallest absolute Gasteiger partial charge is 0.353 e. The van der Waals surface area contributed by atoms with Gasteiger partial charge in [-0.25, -0.2) is 19.7 Å². The molecular weight excluding hydrogens is 541 g/mol. The number of nitriles is 1. The lowest BCUT2D eigenvalue weighted by Crippen LogP contribution is -2.26. The van der Waals surface area contributed by atoms with Crippen LogP contribution in [0.3, 0.4) is 0 Å². The highest BCUT2D eigenvalue weighted by Crippen LogP contribution is 2.43. The molecule has 0 radical (unpaired) electrons. The average molecular weight is 582 g/mol. The number of pyridine rings is 1. The van der Waals surface area contributed by atoms with Gasteiger partial charge in [-0.2, -0.15) is 10.4 Å². The fourth-order valence-corrected chi connectivity index (χ4v) is 4.37. The van der Waals surface area contributed by atoms with Gasteiger partial charge >= 0.3 is 7.82 Å². The molecule has 0 amide bonds. The highest BCUT2D eigenvalue weighted by atomic mass is 31.2. The van der Waals surface area contributed by atoms with Crippen LogP contribution in [0.25, 0.3) is 11.4 Å². The summed E-state index contributed by atoms with van der Waals surface area (Å²) < 4.78 is 17.8.